The highest BCUT2D eigenvalue weighted by Gasteiger charge is 2.56. The standard InChI is InChI=1S/C12H16O4/c1-6-4-12(3)5-16-11(15)9(12)8(7(6)2)10(13)14/h4,7-9H,5H2,1-3H3,(H,13,14)/t7-,8-,9+,12-/m0/s1. The van der Waals surface area contributed by atoms with Gasteiger partial charge in [0.1, 0.15) is 6.61 Å². The Bertz CT molecular complexity index is 384. The number of hydrogen-bond donors (Lipinski definition) is 1. The van der Waals surface area contributed by atoms with E-state index in [1.54, 1.807) is 0 Å². The summed E-state index contributed by atoms with van der Waals surface area (Å²) in [6.07, 6.45) is 2.01. The Hall–Kier alpha value is -1.32. The van der Waals surface area contributed by atoms with Crippen molar-refractivity contribution in [2.75, 3.05) is 6.61 Å². The quantitative estimate of drug-likeness (QED) is 0.541. The SMILES string of the molecule is CC1=C[C@@]2(C)COC(=O)[C@H]2[C@@H](C(=O)O)[C@H]1C. The van der Waals surface area contributed by atoms with Gasteiger partial charge in [-0.25, -0.2) is 0 Å². The summed E-state index contributed by atoms with van der Waals surface area (Å²) in [5.41, 5.74) is 0.584. The third-order valence-electron chi connectivity index (χ3n) is 3.95. The average Bonchev–Trinajstić information content (AvgIpc) is 2.45. The van der Waals surface area contributed by atoms with Crippen LogP contribution in [0.1, 0.15) is 20.8 Å². The van der Waals surface area contributed by atoms with Crippen molar-refractivity contribution in [1.29, 1.82) is 0 Å². The van der Waals surface area contributed by atoms with Crippen LogP contribution in [0.4, 0.5) is 0 Å². The summed E-state index contributed by atoms with van der Waals surface area (Å²) >= 11 is 0. The number of carboxylic acid groups (broad SMARTS) is 1. The summed E-state index contributed by atoms with van der Waals surface area (Å²) in [7, 11) is 0. The third kappa shape index (κ3) is 1.36. The predicted octanol–water partition coefficient (Wildman–Crippen LogP) is 1.46. The molecule has 0 aromatic heterocycles. The molecule has 2 aliphatic rings. The fourth-order valence-electron chi connectivity index (χ4n) is 2.94. The predicted molar refractivity (Wildman–Crippen MR) is 56.6 cm³/mol. The van der Waals surface area contributed by atoms with Gasteiger partial charge in [-0.1, -0.05) is 25.5 Å². The largest absolute Gasteiger partial charge is 0.481 e. The lowest BCUT2D eigenvalue weighted by atomic mass is 9.62. The Morgan fingerprint density at radius 2 is 2.25 bits per heavy atom. The van der Waals surface area contributed by atoms with Gasteiger partial charge in [-0.05, 0) is 12.8 Å². The van der Waals surface area contributed by atoms with Crippen molar-refractivity contribution >= 4 is 11.9 Å². The second kappa shape index (κ2) is 3.34. The molecule has 0 aromatic carbocycles. The lowest BCUT2D eigenvalue weighted by Gasteiger charge is -2.37. The van der Waals surface area contributed by atoms with E-state index in [4.69, 9.17) is 4.74 Å². The normalized spacial score (nSPS) is 42.3. The zero-order chi connectivity index (χ0) is 12.1. The maximum atomic E-state index is 11.7. The van der Waals surface area contributed by atoms with Crippen molar-refractivity contribution in [2.24, 2.45) is 23.2 Å². The highest BCUT2D eigenvalue weighted by molar-refractivity contribution is 5.84. The molecule has 1 fully saturated rings. The highest BCUT2D eigenvalue weighted by Crippen LogP contribution is 2.49. The first-order chi connectivity index (χ1) is 7.37. The molecule has 0 saturated carbocycles. The summed E-state index contributed by atoms with van der Waals surface area (Å²) < 4.78 is 5.03. The van der Waals surface area contributed by atoms with E-state index in [9.17, 15) is 14.7 Å². The topological polar surface area (TPSA) is 63.6 Å². The van der Waals surface area contributed by atoms with Crippen LogP contribution in [0.2, 0.25) is 0 Å². The molecule has 0 spiro atoms. The van der Waals surface area contributed by atoms with Gasteiger partial charge in [-0.15, -0.1) is 0 Å². The van der Waals surface area contributed by atoms with Crippen molar-refractivity contribution < 1.29 is 19.4 Å². The summed E-state index contributed by atoms with van der Waals surface area (Å²) in [4.78, 5) is 23.0. The van der Waals surface area contributed by atoms with Gasteiger partial charge in [0, 0.05) is 5.41 Å². The molecule has 4 nitrogen and oxygen atoms in total. The van der Waals surface area contributed by atoms with E-state index in [0.717, 1.165) is 5.57 Å². The summed E-state index contributed by atoms with van der Waals surface area (Å²) in [6.45, 7) is 5.97. The number of hydrogen-bond acceptors (Lipinski definition) is 3. The molecular weight excluding hydrogens is 208 g/mol. The van der Waals surface area contributed by atoms with Crippen molar-refractivity contribution in [2.45, 2.75) is 20.8 Å². The maximum absolute atomic E-state index is 11.7. The Morgan fingerprint density at radius 1 is 1.62 bits per heavy atom. The van der Waals surface area contributed by atoms with Gasteiger partial charge in [-0.3, -0.25) is 9.59 Å². The van der Waals surface area contributed by atoms with Gasteiger partial charge in [0.2, 0.25) is 0 Å². The van der Waals surface area contributed by atoms with Gasteiger partial charge in [-0.2, -0.15) is 0 Å². The second-order valence-electron chi connectivity index (χ2n) is 5.13. The molecule has 2 rings (SSSR count). The molecule has 1 aliphatic heterocycles. The Balaban J connectivity index is 2.51. The van der Waals surface area contributed by atoms with E-state index < -0.39 is 23.2 Å². The summed E-state index contributed by atoms with van der Waals surface area (Å²) in [5.74, 6) is -2.59. The Kier molecular flexibility index (Phi) is 2.33. The molecule has 1 heterocycles. The summed E-state index contributed by atoms with van der Waals surface area (Å²) in [5, 5.41) is 9.27. The van der Waals surface area contributed by atoms with Crippen LogP contribution in [0, 0.1) is 23.2 Å². The minimum atomic E-state index is -0.907. The van der Waals surface area contributed by atoms with Crippen LogP contribution in [0.5, 0.6) is 0 Å². The highest BCUT2D eigenvalue weighted by atomic mass is 16.5. The number of allylic oxidation sites excluding steroid dienone is 1. The Morgan fingerprint density at radius 3 is 2.81 bits per heavy atom. The van der Waals surface area contributed by atoms with E-state index in [2.05, 4.69) is 0 Å². The zero-order valence-electron chi connectivity index (χ0n) is 9.69. The van der Waals surface area contributed by atoms with Crippen molar-refractivity contribution in [3.05, 3.63) is 11.6 Å². The number of ether oxygens (including phenoxy) is 1. The van der Waals surface area contributed by atoms with E-state index in [-0.39, 0.29) is 11.9 Å². The molecule has 88 valence electrons. The number of carbonyl (C=O) groups excluding carboxylic acids is 1. The number of aliphatic carboxylic acids is 1. The molecule has 0 amide bonds. The zero-order valence-corrected chi connectivity index (χ0v) is 9.69. The first-order valence-electron chi connectivity index (χ1n) is 5.45. The lowest BCUT2D eigenvalue weighted by molar-refractivity contribution is -0.154. The van der Waals surface area contributed by atoms with Crippen LogP contribution < -0.4 is 0 Å². The molecule has 0 radical (unpaired) electrons. The number of rotatable bonds is 1. The van der Waals surface area contributed by atoms with Gasteiger partial charge in [0.25, 0.3) is 0 Å². The van der Waals surface area contributed by atoms with Crippen molar-refractivity contribution in [1.82, 2.24) is 0 Å². The maximum Gasteiger partial charge on any atom is 0.310 e. The van der Waals surface area contributed by atoms with Crippen LogP contribution in [-0.2, 0) is 14.3 Å². The van der Waals surface area contributed by atoms with Crippen molar-refractivity contribution in [3.63, 3.8) is 0 Å². The minimum absolute atomic E-state index is 0.110. The minimum Gasteiger partial charge on any atom is -0.481 e. The third-order valence-corrected chi connectivity index (χ3v) is 3.95. The van der Waals surface area contributed by atoms with Crippen LogP contribution in [-0.4, -0.2) is 23.7 Å². The molecule has 16 heavy (non-hydrogen) atoms. The van der Waals surface area contributed by atoms with Gasteiger partial charge >= 0.3 is 11.9 Å². The van der Waals surface area contributed by atoms with Crippen LogP contribution in [0.25, 0.3) is 0 Å². The number of carbonyl (C=O) groups is 2. The molecule has 1 saturated heterocycles. The number of esters is 1. The van der Waals surface area contributed by atoms with Crippen LogP contribution in [0.15, 0.2) is 11.6 Å². The van der Waals surface area contributed by atoms with E-state index >= 15 is 0 Å². The lowest BCUT2D eigenvalue weighted by Crippen LogP contribution is -2.43. The smallest absolute Gasteiger partial charge is 0.310 e. The molecule has 1 N–H and O–H groups in total. The van der Waals surface area contributed by atoms with Crippen LogP contribution in [0.3, 0.4) is 0 Å². The van der Waals surface area contributed by atoms with E-state index in [1.165, 1.54) is 0 Å². The van der Waals surface area contributed by atoms with E-state index in [1.807, 2.05) is 26.8 Å². The van der Waals surface area contributed by atoms with E-state index in [0.29, 0.717) is 6.61 Å². The number of carboxylic acids is 1. The second-order valence-corrected chi connectivity index (χ2v) is 5.13. The molecule has 1 aliphatic carbocycles. The fraction of sp³-hybridized carbons (Fsp3) is 0.667. The fourth-order valence-corrected chi connectivity index (χ4v) is 2.94. The molecular formula is C12H16O4. The first-order valence-corrected chi connectivity index (χ1v) is 5.45. The molecule has 0 bridgehead atoms. The molecule has 0 unspecified atom stereocenters. The molecule has 4 heteroatoms. The molecule has 0 aromatic rings. The first kappa shape index (κ1) is 11.2. The van der Waals surface area contributed by atoms with Crippen LogP contribution >= 0.6 is 0 Å². The van der Waals surface area contributed by atoms with Gasteiger partial charge in [0.15, 0.2) is 0 Å². The number of cyclic esters (lactones) is 1. The van der Waals surface area contributed by atoms with Crippen molar-refractivity contribution in [3.8, 4) is 0 Å². The van der Waals surface area contributed by atoms with Gasteiger partial charge < -0.3 is 9.84 Å². The Labute approximate surface area is 94.3 Å². The number of fused-ring (bicyclic) bond motifs is 1. The van der Waals surface area contributed by atoms with Gasteiger partial charge in [0.05, 0.1) is 11.8 Å². The molecule has 4 atom stereocenters. The monoisotopic (exact) mass is 224 g/mol. The summed E-state index contributed by atoms with van der Waals surface area (Å²) in [6, 6.07) is 0. The average molecular weight is 224 g/mol.